The second-order valence-corrected chi connectivity index (χ2v) is 6.05. The van der Waals surface area contributed by atoms with Crippen LogP contribution in [-0.2, 0) is 0 Å². The maximum absolute atomic E-state index is 12.3. The molecule has 0 fully saturated rings. The van der Waals surface area contributed by atoms with Crippen LogP contribution in [0.15, 0.2) is 87.3 Å². The van der Waals surface area contributed by atoms with Gasteiger partial charge in [0.2, 0.25) is 5.95 Å². The number of benzene rings is 2. The van der Waals surface area contributed by atoms with Gasteiger partial charge in [-0.25, -0.2) is 10.4 Å². The predicted molar refractivity (Wildman–Crippen MR) is 110 cm³/mol. The van der Waals surface area contributed by atoms with E-state index >= 15 is 0 Å². The molecule has 4 rings (SSSR count). The first-order valence-corrected chi connectivity index (χ1v) is 8.78. The Bertz CT molecular complexity index is 1250. The molecule has 0 saturated carbocycles. The van der Waals surface area contributed by atoms with E-state index in [0.29, 0.717) is 11.3 Å². The molecule has 0 spiro atoms. The fourth-order valence-corrected chi connectivity index (χ4v) is 2.86. The highest BCUT2D eigenvalue weighted by Gasteiger charge is 2.13. The van der Waals surface area contributed by atoms with E-state index in [0.717, 1.165) is 16.9 Å². The topological polar surface area (TPSA) is 107 Å². The molecule has 0 aliphatic heterocycles. The van der Waals surface area contributed by atoms with Crippen LogP contribution in [-0.4, -0.2) is 16.2 Å². The van der Waals surface area contributed by atoms with Gasteiger partial charge in [-0.1, -0.05) is 54.6 Å². The first-order chi connectivity index (χ1) is 14.3. The molecule has 2 N–H and O–H groups in total. The minimum absolute atomic E-state index is 0.0473. The van der Waals surface area contributed by atoms with Crippen LogP contribution in [0.5, 0.6) is 0 Å². The van der Waals surface area contributed by atoms with Crippen LogP contribution < -0.4 is 11.0 Å². The maximum Gasteiger partial charge on any atom is 0.270 e. The smallest absolute Gasteiger partial charge is 0.270 e. The molecule has 0 aliphatic carbocycles. The third kappa shape index (κ3) is 3.82. The molecule has 2 aromatic heterocycles. The van der Waals surface area contributed by atoms with Gasteiger partial charge in [-0.05, 0) is 12.1 Å². The molecule has 0 saturated heterocycles. The zero-order chi connectivity index (χ0) is 20.1. The number of hydrogen-bond donors (Lipinski definition) is 2. The molecule has 0 atom stereocenters. The summed E-state index contributed by atoms with van der Waals surface area (Å²) in [5, 5.41) is 13.5. The number of furan rings is 1. The Morgan fingerprint density at radius 2 is 1.86 bits per heavy atom. The summed E-state index contributed by atoms with van der Waals surface area (Å²) in [7, 11) is 0. The van der Waals surface area contributed by atoms with Crippen LogP contribution in [0.1, 0.15) is 11.1 Å². The molecule has 0 radical (unpaired) electrons. The lowest BCUT2D eigenvalue weighted by atomic mass is 10.1. The number of H-pyrrole nitrogens is 1. The first kappa shape index (κ1) is 17.9. The Morgan fingerprint density at radius 3 is 2.62 bits per heavy atom. The third-order valence-corrected chi connectivity index (χ3v) is 4.20. The fourth-order valence-electron chi connectivity index (χ4n) is 2.86. The van der Waals surface area contributed by atoms with Gasteiger partial charge in [0.05, 0.1) is 18.2 Å². The van der Waals surface area contributed by atoms with Gasteiger partial charge in [-0.2, -0.15) is 10.4 Å². The molecular weight excluding hydrogens is 366 g/mol. The zero-order valence-corrected chi connectivity index (χ0v) is 15.2. The molecular formula is C22H15N5O2. The van der Waals surface area contributed by atoms with E-state index < -0.39 is 5.56 Å². The van der Waals surface area contributed by atoms with Gasteiger partial charge >= 0.3 is 0 Å². The van der Waals surface area contributed by atoms with Crippen LogP contribution in [0.3, 0.4) is 0 Å². The van der Waals surface area contributed by atoms with Crippen molar-refractivity contribution in [2.24, 2.45) is 5.10 Å². The average Bonchev–Trinajstić information content (AvgIpc) is 3.29. The molecule has 0 unspecified atom stereocenters. The SMILES string of the molecule is N#Cc1c(-c2ccccc2)nc(NN=Cc2ccccc2-c2ccco2)[nH]c1=O. The van der Waals surface area contributed by atoms with Crippen LogP contribution >= 0.6 is 0 Å². The standard InChI is InChI=1S/C22H15N5O2/c23-13-18-20(15-7-2-1-3-8-15)25-22(26-21(18)28)27-24-14-16-9-4-5-10-17(16)19-11-6-12-29-19/h1-12,14H,(H2,25,26,27,28). The van der Waals surface area contributed by atoms with Crippen molar-refractivity contribution in [2.75, 3.05) is 5.43 Å². The highest BCUT2D eigenvalue weighted by atomic mass is 16.3. The van der Waals surface area contributed by atoms with Crippen LogP contribution in [0.2, 0.25) is 0 Å². The highest BCUT2D eigenvalue weighted by molar-refractivity contribution is 5.89. The van der Waals surface area contributed by atoms with Crippen LogP contribution in [0.25, 0.3) is 22.6 Å². The molecule has 0 aliphatic rings. The Hall–Kier alpha value is -4.44. The van der Waals surface area contributed by atoms with Crippen molar-refractivity contribution in [1.82, 2.24) is 9.97 Å². The lowest BCUT2D eigenvalue weighted by Gasteiger charge is -2.06. The Labute approximate surface area is 166 Å². The summed E-state index contributed by atoms with van der Waals surface area (Å²) >= 11 is 0. The summed E-state index contributed by atoms with van der Waals surface area (Å²) in [6.07, 6.45) is 3.22. The monoisotopic (exact) mass is 381 g/mol. The second-order valence-electron chi connectivity index (χ2n) is 6.05. The quantitative estimate of drug-likeness (QED) is 0.401. The molecule has 4 aromatic rings. The van der Waals surface area contributed by atoms with E-state index in [9.17, 15) is 10.1 Å². The van der Waals surface area contributed by atoms with Gasteiger partial charge in [-0.3, -0.25) is 9.78 Å². The molecule has 0 amide bonds. The highest BCUT2D eigenvalue weighted by Crippen LogP contribution is 2.23. The zero-order valence-electron chi connectivity index (χ0n) is 15.2. The van der Waals surface area contributed by atoms with E-state index in [2.05, 4.69) is 20.5 Å². The molecule has 7 nitrogen and oxygen atoms in total. The van der Waals surface area contributed by atoms with E-state index in [-0.39, 0.29) is 11.5 Å². The fraction of sp³-hybridized carbons (Fsp3) is 0. The molecule has 140 valence electrons. The van der Waals surface area contributed by atoms with Gasteiger partial charge in [0.1, 0.15) is 17.4 Å². The summed E-state index contributed by atoms with van der Waals surface area (Å²) in [4.78, 5) is 19.2. The van der Waals surface area contributed by atoms with Gasteiger partial charge in [0.15, 0.2) is 0 Å². The van der Waals surface area contributed by atoms with Crippen molar-refractivity contribution in [3.63, 3.8) is 0 Å². The van der Waals surface area contributed by atoms with E-state index in [1.807, 2.05) is 60.7 Å². The van der Waals surface area contributed by atoms with Crippen molar-refractivity contribution in [1.29, 1.82) is 5.26 Å². The second kappa shape index (κ2) is 8.06. The minimum Gasteiger partial charge on any atom is -0.464 e. The number of aromatic nitrogens is 2. The Balaban J connectivity index is 1.64. The van der Waals surface area contributed by atoms with Gasteiger partial charge in [0.25, 0.3) is 5.56 Å². The summed E-state index contributed by atoms with van der Waals surface area (Å²) in [6.45, 7) is 0. The molecule has 7 heteroatoms. The van der Waals surface area contributed by atoms with Crippen molar-refractivity contribution < 1.29 is 4.42 Å². The van der Waals surface area contributed by atoms with Crippen molar-refractivity contribution >= 4 is 12.2 Å². The first-order valence-electron chi connectivity index (χ1n) is 8.78. The number of nitriles is 1. The molecule has 2 heterocycles. The van der Waals surface area contributed by atoms with Crippen LogP contribution in [0.4, 0.5) is 5.95 Å². The normalized spacial score (nSPS) is 10.7. The third-order valence-electron chi connectivity index (χ3n) is 4.20. The van der Waals surface area contributed by atoms with Gasteiger partial charge < -0.3 is 4.42 Å². The van der Waals surface area contributed by atoms with Gasteiger partial charge in [0, 0.05) is 16.7 Å². The molecule has 29 heavy (non-hydrogen) atoms. The maximum atomic E-state index is 12.3. The van der Waals surface area contributed by atoms with Crippen molar-refractivity contribution in [3.8, 4) is 28.7 Å². The molecule has 0 bridgehead atoms. The molecule has 2 aromatic carbocycles. The average molecular weight is 381 g/mol. The number of rotatable bonds is 5. The Kier molecular flexibility index (Phi) is 4.99. The van der Waals surface area contributed by atoms with E-state index in [1.54, 1.807) is 24.6 Å². The van der Waals surface area contributed by atoms with Crippen molar-refractivity contribution in [2.45, 2.75) is 0 Å². The van der Waals surface area contributed by atoms with Crippen molar-refractivity contribution in [3.05, 3.63) is 94.5 Å². The van der Waals surface area contributed by atoms with Gasteiger partial charge in [-0.15, -0.1) is 0 Å². The lowest BCUT2D eigenvalue weighted by molar-refractivity contribution is 0.582. The summed E-state index contributed by atoms with van der Waals surface area (Å²) in [5.74, 6) is 0.864. The number of nitrogens with one attached hydrogen (secondary N) is 2. The van der Waals surface area contributed by atoms with E-state index in [4.69, 9.17) is 4.42 Å². The number of anilines is 1. The summed E-state index contributed by atoms with van der Waals surface area (Å²) < 4.78 is 5.46. The number of nitrogens with zero attached hydrogens (tertiary/aromatic N) is 3. The minimum atomic E-state index is -0.532. The number of aromatic amines is 1. The lowest BCUT2D eigenvalue weighted by Crippen LogP contribution is -2.16. The van der Waals surface area contributed by atoms with E-state index in [1.165, 1.54) is 0 Å². The number of hydrazone groups is 1. The summed E-state index contributed by atoms with van der Waals surface area (Å²) in [5.41, 5.74) is 4.83. The van der Waals surface area contributed by atoms with Crippen LogP contribution in [0, 0.1) is 11.3 Å². The predicted octanol–water partition coefficient (Wildman–Crippen LogP) is 4.01. The largest absolute Gasteiger partial charge is 0.464 e. The summed E-state index contributed by atoms with van der Waals surface area (Å²) in [6, 6.07) is 22.3. The Morgan fingerprint density at radius 1 is 1.07 bits per heavy atom. The number of hydrogen-bond acceptors (Lipinski definition) is 6.